The normalized spacial score (nSPS) is 48.4. The van der Waals surface area contributed by atoms with E-state index in [0.717, 1.165) is 32.1 Å². The van der Waals surface area contributed by atoms with E-state index < -0.39 is 0 Å². The highest BCUT2D eigenvalue weighted by Gasteiger charge is 2.57. The first-order valence-corrected chi connectivity index (χ1v) is 9.94. The highest BCUT2D eigenvalue weighted by molar-refractivity contribution is 6.30. The number of aliphatic hydroxyl groups excluding tert-OH is 1. The van der Waals surface area contributed by atoms with Crippen LogP contribution >= 0.6 is 11.6 Å². The number of carbonyl (C=O) groups is 1. The van der Waals surface area contributed by atoms with Crippen molar-refractivity contribution in [3.8, 4) is 11.3 Å². The lowest BCUT2D eigenvalue weighted by atomic mass is 9.49. The fourth-order valence-corrected chi connectivity index (χ4v) is 6.65. The van der Waals surface area contributed by atoms with Crippen LogP contribution in [-0.2, 0) is 4.79 Å². The summed E-state index contributed by atoms with van der Waals surface area (Å²) in [6.07, 6.45) is 8.91. The Hall–Kier alpha value is -1.04. The maximum atomic E-state index is 12.5. The average molecular weight is 359 g/mol. The molecule has 0 aromatic rings. The molecule has 2 fully saturated rings. The summed E-state index contributed by atoms with van der Waals surface area (Å²) in [4.78, 5) is 12.5. The molecular formula is C22H27ClO2. The number of carbonyl (C=O) groups excluding carboxylic acids is 1. The van der Waals surface area contributed by atoms with Gasteiger partial charge in [0.05, 0.1) is 12.0 Å². The minimum atomic E-state index is -0.291. The highest BCUT2D eigenvalue weighted by atomic mass is 35.5. The van der Waals surface area contributed by atoms with E-state index in [-0.39, 0.29) is 28.6 Å². The van der Waals surface area contributed by atoms with E-state index in [1.54, 1.807) is 0 Å². The van der Waals surface area contributed by atoms with E-state index in [1.807, 2.05) is 6.08 Å². The number of ketones is 1. The van der Waals surface area contributed by atoms with Gasteiger partial charge in [0.15, 0.2) is 5.78 Å². The van der Waals surface area contributed by atoms with E-state index in [0.29, 0.717) is 17.8 Å². The summed E-state index contributed by atoms with van der Waals surface area (Å²) in [7, 11) is 0. The van der Waals surface area contributed by atoms with Crippen LogP contribution < -0.4 is 0 Å². The smallest absolute Gasteiger partial charge is 0.170 e. The van der Waals surface area contributed by atoms with Gasteiger partial charge in [0.25, 0.3) is 0 Å². The number of fused-ring (bicyclic) bond motifs is 5. The highest BCUT2D eigenvalue weighted by Crippen LogP contribution is 2.64. The van der Waals surface area contributed by atoms with Gasteiger partial charge in [-0.25, -0.2) is 0 Å². The van der Waals surface area contributed by atoms with Gasteiger partial charge in [-0.15, -0.1) is 0 Å². The predicted molar refractivity (Wildman–Crippen MR) is 99.7 cm³/mol. The van der Waals surface area contributed by atoms with Crippen molar-refractivity contribution in [1.82, 2.24) is 0 Å². The van der Waals surface area contributed by atoms with Crippen molar-refractivity contribution in [3.63, 3.8) is 0 Å². The Morgan fingerprint density at radius 3 is 2.76 bits per heavy atom. The van der Waals surface area contributed by atoms with Crippen LogP contribution in [0.4, 0.5) is 0 Å². The fraction of sp³-hybridized carbons (Fsp3) is 0.682. The Morgan fingerprint density at radius 2 is 2.04 bits per heavy atom. The van der Waals surface area contributed by atoms with Crippen molar-refractivity contribution in [1.29, 1.82) is 0 Å². The SMILES string of the molecule is C[C@H]1C[C@@H]2C(=CC[C@]3(C)[C@@H](O)CC[C@@H]23)[C@@]2(C)CC(C#CCl)C(=O)C=C12. The maximum Gasteiger partial charge on any atom is 0.170 e. The van der Waals surface area contributed by atoms with E-state index in [9.17, 15) is 9.90 Å². The zero-order valence-electron chi connectivity index (χ0n) is 15.3. The molecule has 0 aromatic carbocycles. The molecule has 25 heavy (non-hydrogen) atoms. The standard InChI is InChI=1S/C22H27ClO2/c1-13-10-15-16-4-5-20(25)21(16,2)8-6-17(15)22(3)12-14(7-9-23)19(24)11-18(13)22/h6,11,13-16,20,25H,4-5,8,10,12H2,1-3H3/t13-,14?,15-,16-,20-,21-,22+/m0/s1. The molecule has 3 heteroatoms. The first-order valence-electron chi connectivity index (χ1n) is 9.57. The van der Waals surface area contributed by atoms with Gasteiger partial charge < -0.3 is 5.11 Å². The Kier molecular flexibility index (Phi) is 3.98. The summed E-state index contributed by atoms with van der Waals surface area (Å²) >= 11 is 5.62. The molecule has 7 atom stereocenters. The molecule has 1 N–H and O–H groups in total. The summed E-state index contributed by atoms with van der Waals surface area (Å²) in [5, 5.41) is 13.0. The van der Waals surface area contributed by atoms with Crippen LogP contribution in [0.5, 0.6) is 0 Å². The van der Waals surface area contributed by atoms with Crippen LogP contribution in [0.3, 0.4) is 0 Å². The minimum absolute atomic E-state index is 0.0191. The Balaban J connectivity index is 1.80. The molecule has 1 unspecified atom stereocenters. The molecule has 134 valence electrons. The van der Waals surface area contributed by atoms with Gasteiger partial charge in [-0.05, 0) is 67.5 Å². The molecule has 0 aliphatic heterocycles. The third kappa shape index (κ3) is 2.32. The molecule has 4 rings (SSSR count). The topological polar surface area (TPSA) is 37.3 Å². The van der Waals surface area contributed by atoms with E-state index in [4.69, 9.17) is 11.6 Å². The third-order valence-corrected chi connectivity index (χ3v) is 8.01. The number of halogens is 1. The van der Waals surface area contributed by atoms with Gasteiger partial charge in [-0.3, -0.25) is 4.79 Å². The lowest BCUT2D eigenvalue weighted by Crippen LogP contribution is -2.48. The Bertz CT molecular complexity index is 739. The fourth-order valence-electron chi connectivity index (χ4n) is 6.52. The molecular weight excluding hydrogens is 332 g/mol. The molecule has 0 radical (unpaired) electrons. The van der Waals surface area contributed by atoms with Crippen LogP contribution in [-0.4, -0.2) is 17.0 Å². The molecule has 0 bridgehead atoms. The van der Waals surface area contributed by atoms with Gasteiger partial charge in [-0.1, -0.05) is 43.9 Å². The summed E-state index contributed by atoms with van der Waals surface area (Å²) < 4.78 is 0. The Morgan fingerprint density at radius 1 is 1.28 bits per heavy atom. The number of hydrogen-bond donors (Lipinski definition) is 1. The molecule has 4 aliphatic rings. The number of hydrogen-bond acceptors (Lipinski definition) is 2. The predicted octanol–water partition coefficient (Wildman–Crippen LogP) is 4.47. The third-order valence-electron chi connectivity index (χ3n) is 7.90. The van der Waals surface area contributed by atoms with E-state index in [2.05, 4.69) is 38.1 Å². The van der Waals surface area contributed by atoms with Crippen LogP contribution in [0.25, 0.3) is 0 Å². The first kappa shape index (κ1) is 17.4. The molecule has 2 saturated carbocycles. The van der Waals surface area contributed by atoms with Crippen molar-refractivity contribution in [2.24, 2.45) is 34.5 Å². The quantitative estimate of drug-likeness (QED) is 0.512. The molecule has 0 heterocycles. The largest absolute Gasteiger partial charge is 0.393 e. The average Bonchev–Trinajstić information content (AvgIpc) is 2.86. The molecule has 0 amide bonds. The zero-order valence-corrected chi connectivity index (χ0v) is 16.1. The molecule has 0 saturated heterocycles. The van der Waals surface area contributed by atoms with Gasteiger partial charge in [0, 0.05) is 16.2 Å². The van der Waals surface area contributed by atoms with Crippen LogP contribution in [0.2, 0.25) is 0 Å². The summed E-state index contributed by atoms with van der Waals surface area (Å²) in [5.41, 5.74) is 2.72. The maximum absolute atomic E-state index is 12.5. The first-order chi connectivity index (χ1) is 11.8. The van der Waals surface area contributed by atoms with Crippen molar-refractivity contribution >= 4 is 17.4 Å². The zero-order chi connectivity index (χ0) is 18.0. The van der Waals surface area contributed by atoms with Crippen LogP contribution in [0, 0.1) is 45.8 Å². The monoisotopic (exact) mass is 358 g/mol. The van der Waals surface area contributed by atoms with Gasteiger partial charge >= 0.3 is 0 Å². The van der Waals surface area contributed by atoms with Crippen molar-refractivity contribution in [3.05, 3.63) is 23.3 Å². The number of rotatable bonds is 0. The van der Waals surface area contributed by atoms with Gasteiger partial charge in [0.2, 0.25) is 0 Å². The lowest BCUT2D eigenvalue weighted by Gasteiger charge is -2.55. The number of aliphatic hydroxyl groups is 1. The molecule has 0 spiro atoms. The lowest BCUT2D eigenvalue weighted by molar-refractivity contribution is -0.118. The van der Waals surface area contributed by atoms with Gasteiger partial charge in [0.1, 0.15) is 0 Å². The number of allylic oxidation sites excluding steroid dienone is 4. The van der Waals surface area contributed by atoms with Crippen molar-refractivity contribution < 1.29 is 9.90 Å². The Labute approximate surface area is 155 Å². The van der Waals surface area contributed by atoms with E-state index in [1.165, 1.54) is 11.1 Å². The second kappa shape index (κ2) is 5.73. The molecule has 0 aromatic heterocycles. The second-order valence-corrected chi connectivity index (χ2v) is 9.33. The van der Waals surface area contributed by atoms with Crippen LogP contribution in [0.1, 0.15) is 52.9 Å². The minimum Gasteiger partial charge on any atom is -0.393 e. The van der Waals surface area contributed by atoms with Crippen molar-refractivity contribution in [2.75, 3.05) is 0 Å². The molecule has 2 nitrogen and oxygen atoms in total. The van der Waals surface area contributed by atoms with Crippen molar-refractivity contribution in [2.45, 2.75) is 59.0 Å². The molecule has 4 aliphatic carbocycles. The van der Waals surface area contributed by atoms with Crippen LogP contribution in [0.15, 0.2) is 23.3 Å². The summed E-state index contributed by atoms with van der Waals surface area (Å²) in [6, 6.07) is 0. The summed E-state index contributed by atoms with van der Waals surface area (Å²) in [6.45, 7) is 6.84. The second-order valence-electron chi connectivity index (χ2n) is 9.14. The summed E-state index contributed by atoms with van der Waals surface area (Å²) in [5.74, 6) is 4.22. The van der Waals surface area contributed by atoms with E-state index >= 15 is 0 Å². The van der Waals surface area contributed by atoms with Gasteiger partial charge in [-0.2, -0.15) is 0 Å².